The Hall–Kier alpha value is -0.870. The summed E-state index contributed by atoms with van der Waals surface area (Å²) < 4.78 is 24.9. The molecule has 0 N–H and O–H groups in total. The van der Waals surface area contributed by atoms with Crippen molar-refractivity contribution in [1.29, 1.82) is 0 Å². The molecule has 1 aromatic rings. The molecule has 1 aromatic carbocycles. The second-order valence-electron chi connectivity index (χ2n) is 4.72. The fourth-order valence-electron chi connectivity index (χ4n) is 2.41. The lowest BCUT2D eigenvalue weighted by atomic mass is 9.95. The Morgan fingerprint density at radius 2 is 1.88 bits per heavy atom. The van der Waals surface area contributed by atoms with Crippen LogP contribution >= 0.6 is 0 Å². The molecule has 17 heavy (non-hydrogen) atoms. The molecule has 1 saturated heterocycles. The summed E-state index contributed by atoms with van der Waals surface area (Å²) in [6.45, 7) is 1.30. The van der Waals surface area contributed by atoms with Gasteiger partial charge in [-0.25, -0.2) is 12.7 Å². The van der Waals surface area contributed by atoms with Crippen molar-refractivity contribution in [1.82, 2.24) is 4.31 Å². The Bertz CT molecular complexity index is 456. The van der Waals surface area contributed by atoms with Gasteiger partial charge in [0.25, 0.3) is 0 Å². The summed E-state index contributed by atoms with van der Waals surface area (Å²) >= 11 is 0. The van der Waals surface area contributed by atoms with Crippen molar-refractivity contribution in [3.05, 3.63) is 35.9 Å². The van der Waals surface area contributed by atoms with Crippen LogP contribution in [0.15, 0.2) is 30.3 Å². The summed E-state index contributed by atoms with van der Waals surface area (Å²) in [6, 6.07) is 10.2. The SMILES string of the molecule is CS(=O)(=O)N1CCCC[C@H](c2ccccc2)C1. The fraction of sp³-hybridized carbons (Fsp3) is 0.538. The molecule has 0 bridgehead atoms. The van der Waals surface area contributed by atoms with Crippen LogP contribution in [0, 0.1) is 0 Å². The number of sulfonamides is 1. The lowest BCUT2D eigenvalue weighted by Crippen LogP contribution is -2.33. The lowest BCUT2D eigenvalue weighted by molar-refractivity contribution is 0.410. The third-order valence-corrected chi connectivity index (χ3v) is 4.64. The average molecular weight is 253 g/mol. The van der Waals surface area contributed by atoms with Gasteiger partial charge in [-0.3, -0.25) is 0 Å². The molecule has 4 heteroatoms. The minimum Gasteiger partial charge on any atom is -0.213 e. The first-order chi connectivity index (χ1) is 8.07. The van der Waals surface area contributed by atoms with E-state index < -0.39 is 10.0 Å². The monoisotopic (exact) mass is 253 g/mol. The molecular weight excluding hydrogens is 234 g/mol. The van der Waals surface area contributed by atoms with Gasteiger partial charge in [0.1, 0.15) is 0 Å². The van der Waals surface area contributed by atoms with Crippen molar-refractivity contribution in [2.24, 2.45) is 0 Å². The topological polar surface area (TPSA) is 37.4 Å². The van der Waals surface area contributed by atoms with E-state index >= 15 is 0 Å². The highest BCUT2D eigenvalue weighted by molar-refractivity contribution is 7.88. The standard InChI is InChI=1S/C13H19NO2S/c1-17(15,16)14-10-6-5-9-13(11-14)12-7-3-2-4-8-12/h2-4,7-8,13H,5-6,9-11H2,1H3/t13-/m0/s1. The maximum atomic E-state index is 11.6. The third kappa shape index (κ3) is 3.30. The van der Waals surface area contributed by atoms with Gasteiger partial charge in [-0.05, 0) is 24.3 Å². The molecule has 1 fully saturated rings. The second kappa shape index (κ2) is 5.19. The first-order valence-corrected chi connectivity index (χ1v) is 7.92. The van der Waals surface area contributed by atoms with Crippen molar-refractivity contribution in [3.8, 4) is 0 Å². The Labute approximate surface area is 104 Å². The van der Waals surface area contributed by atoms with Crippen LogP contribution in [0.5, 0.6) is 0 Å². The summed E-state index contributed by atoms with van der Waals surface area (Å²) in [5, 5.41) is 0. The summed E-state index contributed by atoms with van der Waals surface area (Å²) in [7, 11) is -3.06. The Morgan fingerprint density at radius 3 is 2.53 bits per heavy atom. The van der Waals surface area contributed by atoms with Gasteiger partial charge in [0.15, 0.2) is 0 Å². The maximum absolute atomic E-state index is 11.6. The zero-order chi connectivity index (χ0) is 12.3. The van der Waals surface area contributed by atoms with E-state index in [-0.39, 0.29) is 0 Å². The van der Waals surface area contributed by atoms with Crippen molar-refractivity contribution < 1.29 is 8.42 Å². The quantitative estimate of drug-likeness (QED) is 0.810. The smallest absolute Gasteiger partial charge is 0.211 e. The predicted molar refractivity (Wildman–Crippen MR) is 69.5 cm³/mol. The molecule has 1 aliphatic heterocycles. The molecule has 0 unspecified atom stereocenters. The number of benzene rings is 1. The normalized spacial score (nSPS) is 23.2. The van der Waals surface area contributed by atoms with Crippen LogP contribution in [0.1, 0.15) is 30.7 Å². The number of hydrogen-bond donors (Lipinski definition) is 0. The van der Waals surface area contributed by atoms with Gasteiger partial charge in [0.2, 0.25) is 10.0 Å². The molecule has 0 radical (unpaired) electrons. The lowest BCUT2D eigenvalue weighted by Gasteiger charge is -2.22. The second-order valence-corrected chi connectivity index (χ2v) is 6.71. The van der Waals surface area contributed by atoms with E-state index in [1.807, 2.05) is 18.2 Å². The van der Waals surface area contributed by atoms with E-state index in [2.05, 4.69) is 12.1 Å². The minimum atomic E-state index is -3.06. The van der Waals surface area contributed by atoms with Crippen molar-refractivity contribution in [2.45, 2.75) is 25.2 Å². The highest BCUT2D eigenvalue weighted by Crippen LogP contribution is 2.27. The molecule has 0 aromatic heterocycles. The summed E-state index contributed by atoms with van der Waals surface area (Å²) in [5.74, 6) is 0.341. The molecule has 0 saturated carbocycles. The molecule has 0 spiro atoms. The molecule has 0 amide bonds. The Kier molecular flexibility index (Phi) is 3.84. The molecule has 3 nitrogen and oxygen atoms in total. The molecule has 1 aliphatic rings. The van der Waals surface area contributed by atoms with Crippen LogP contribution in [0.3, 0.4) is 0 Å². The van der Waals surface area contributed by atoms with E-state index in [1.54, 1.807) is 4.31 Å². The van der Waals surface area contributed by atoms with Gasteiger partial charge in [-0.15, -0.1) is 0 Å². The maximum Gasteiger partial charge on any atom is 0.211 e. The first kappa shape index (κ1) is 12.6. The predicted octanol–water partition coefficient (Wildman–Crippen LogP) is 2.22. The van der Waals surface area contributed by atoms with Gasteiger partial charge in [-0.2, -0.15) is 0 Å². The zero-order valence-corrected chi connectivity index (χ0v) is 11.0. The molecule has 94 valence electrons. The van der Waals surface area contributed by atoms with Crippen LogP contribution in [0.25, 0.3) is 0 Å². The van der Waals surface area contributed by atoms with Gasteiger partial charge < -0.3 is 0 Å². The number of hydrogen-bond acceptors (Lipinski definition) is 2. The van der Waals surface area contributed by atoms with Gasteiger partial charge >= 0.3 is 0 Å². The zero-order valence-electron chi connectivity index (χ0n) is 10.2. The molecular formula is C13H19NO2S. The van der Waals surface area contributed by atoms with Crippen LogP contribution in [-0.4, -0.2) is 32.1 Å². The van der Waals surface area contributed by atoms with Crippen molar-refractivity contribution in [3.63, 3.8) is 0 Å². The minimum absolute atomic E-state index is 0.341. The fourth-order valence-corrected chi connectivity index (χ4v) is 3.32. The van der Waals surface area contributed by atoms with E-state index in [1.165, 1.54) is 11.8 Å². The van der Waals surface area contributed by atoms with Gasteiger partial charge in [0.05, 0.1) is 6.26 Å². The highest BCUT2D eigenvalue weighted by atomic mass is 32.2. The van der Waals surface area contributed by atoms with E-state index in [4.69, 9.17) is 0 Å². The van der Waals surface area contributed by atoms with Crippen molar-refractivity contribution >= 4 is 10.0 Å². The van der Waals surface area contributed by atoms with Crippen LogP contribution in [0.2, 0.25) is 0 Å². The van der Waals surface area contributed by atoms with Crippen LogP contribution < -0.4 is 0 Å². The van der Waals surface area contributed by atoms with Crippen LogP contribution in [0.4, 0.5) is 0 Å². The van der Waals surface area contributed by atoms with Crippen LogP contribution in [-0.2, 0) is 10.0 Å². The van der Waals surface area contributed by atoms with Gasteiger partial charge in [0, 0.05) is 13.1 Å². The highest BCUT2D eigenvalue weighted by Gasteiger charge is 2.24. The Balaban J connectivity index is 2.19. The molecule has 0 aliphatic carbocycles. The molecule has 1 heterocycles. The number of rotatable bonds is 2. The molecule has 1 atom stereocenters. The third-order valence-electron chi connectivity index (χ3n) is 3.37. The van der Waals surface area contributed by atoms with E-state index in [0.717, 1.165) is 19.3 Å². The largest absolute Gasteiger partial charge is 0.213 e. The summed E-state index contributed by atoms with van der Waals surface area (Å²) in [5.41, 5.74) is 1.25. The van der Waals surface area contributed by atoms with Gasteiger partial charge in [-0.1, -0.05) is 36.8 Å². The average Bonchev–Trinajstić information content (AvgIpc) is 2.55. The molecule has 2 rings (SSSR count). The summed E-state index contributed by atoms with van der Waals surface area (Å²) in [4.78, 5) is 0. The summed E-state index contributed by atoms with van der Waals surface area (Å²) in [6.07, 6.45) is 4.46. The van der Waals surface area contributed by atoms with E-state index in [9.17, 15) is 8.42 Å². The van der Waals surface area contributed by atoms with E-state index in [0.29, 0.717) is 19.0 Å². The Morgan fingerprint density at radius 1 is 1.18 bits per heavy atom. The first-order valence-electron chi connectivity index (χ1n) is 6.07. The number of nitrogens with zero attached hydrogens (tertiary/aromatic N) is 1. The van der Waals surface area contributed by atoms with Crippen molar-refractivity contribution in [2.75, 3.05) is 19.3 Å².